The summed E-state index contributed by atoms with van der Waals surface area (Å²) in [5, 5.41) is 0. The molecule has 1 N–H and O–H groups in total. The molecule has 0 aliphatic heterocycles. The third-order valence-corrected chi connectivity index (χ3v) is 1.48. The molecule has 0 saturated carbocycles. The molecular formula is C8H12N2O2. The van der Waals surface area contributed by atoms with Gasteiger partial charge >= 0.3 is 0 Å². The highest BCUT2D eigenvalue weighted by Gasteiger charge is 2.10. The summed E-state index contributed by atoms with van der Waals surface area (Å²) in [4.78, 5) is 28.2. The molecule has 0 aliphatic carbocycles. The molecular weight excluding hydrogens is 156 g/mol. The fourth-order valence-corrected chi connectivity index (χ4v) is 1.01. The lowest BCUT2D eigenvalue weighted by molar-refractivity contribution is -0.116. The first-order chi connectivity index (χ1) is 5.61. The Kier molecular flexibility index (Phi) is 2.38. The molecule has 0 atom stereocenters. The highest BCUT2D eigenvalue weighted by atomic mass is 16.1. The molecule has 1 aromatic rings. The Labute approximate surface area is 71.5 Å². The van der Waals surface area contributed by atoms with Gasteiger partial charge in [-0.05, 0) is 6.92 Å². The van der Waals surface area contributed by atoms with Crippen molar-refractivity contribution in [1.29, 1.82) is 0 Å². The molecule has 4 nitrogen and oxygen atoms in total. The van der Waals surface area contributed by atoms with E-state index in [1.807, 2.05) is 0 Å². The number of carbonyl (C=O) groups excluding carboxylic acids is 2. The average molecular weight is 168 g/mol. The van der Waals surface area contributed by atoms with Gasteiger partial charge in [0.2, 0.25) is 0 Å². The highest BCUT2D eigenvalue weighted by Crippen LogP contribution is 2.04. The molecule has 1 aromatic heterocycles. The normalized spacial score (nSPS) is 9.83. The fraction of sp³-hybridized carbons (Fsp3) is 0.375. The number of H-pyrrole nitrogens is 1. The van der Waals surface area contributed by atoms with Gasteiger partial charge in [0, 0.05) is 14.8 Å². The van der Waals surface area contributed by atoms with Gasteiger partial charge in [-0.3, -0.25) is 9.59 Å². The monoisotopic (exact) mass is 168 g/mol. The number of aromatic nitrogens is 2. The Morgan fingerprint density at radius 2 is 2.25 bits per heavy atom. The zero-order valence-electron chi connectivity index (χ0n) is 7.05. The van der Waals surface area contributed by atoms with Crippen LogP contribution in [-0.4, -0.2) is 21.5 Å². The van der Waals surface area contributed by atoms with Gasteiger partial charge in [0.05, 0.1) is 12.0 Å². The Morgan fingerprint density at radius 3 is 2.75 bits per heavy atom. The smallest absolute Gasteiger partial charge is 0.179 e. The summed E-state index contributed by atoms with van der Waals surface area (Å²) in [6.07, 6.45) is 1.67. The zero-order chi connectivity index (χ0) is 9.14. The van der Waals surface area contributed by atoms with Crippen molar-refractivity contribution < 1.29 is 11.0 Å². The quantitative estimate of drug-likeness (QED) is 0.684. The first-order valence-electron chi connectivity index (χ1n) is 3.64. The first-order valence-corrected chi connectivity index (χ1v) is 3.64. The Morgan fingerprint density at radius 1 is 1.58 bits per heavy atom. The Bertz CT molecular complexity index is 320. The molecule has 0 aromatic carbocycles. The maximum Gasteiger partial charge on any atom is 0.179 e. The number of aromatic amines is 1. The molecule has 0 saturated heterocycles. The van der Waals surface area contributed by atoms with Gasteiger partial charge < -0.3 is 4.98 Å². The van der Waals surface area contributed by atoms with E-state index in [0.29, 0.717) is 11.4 Å². The van der Waals surface area contributed by atoms with Gasteiger partial charge in [0.25, 0.3) is 0 Å². The number of hydrogen-bond donors (Lipinski definition) is 1. The van der Waals surface area contributed by atoms with Crippen molar-refractivity contribution in [3.63, 3.8) is 0 Å². The van der Waals surface area contributed by atoms with Crippen molar-refractivity contribution in [2.24, 2.45) is 0 Å². The van der Waals surface area contributed by atoms with E-state index < -0.39 is 0 Å². The van der Waals surface area contributed by atoms with Crippen molar-refractivity contribution in [1.82, 2.24) is 9.97 Å². The van der Waals surface area contributed by atoms with Crippen LogP contribution in [0.1, 0.15) is 31.5 Å². The van der Waals surface area contributed by atoms with E-state index in [0.717, 1.165) is 0 Å². The van der Waals surface area contributed by atoms with Crippen LogP contribution in [0.25, 0.3) is 0 Å². The molecule has 0 radical (unpaired) electrons. The van der Waals surface area contributed by atoms with Gasteiger partial charge in [-0.25, -0.2) is 4.98 Å². The van der Waals surface area contributed by atoms with Crippen LogP contribution in [0.3, 0.4) is 0 Å². The van der Waals surface area contributed by atoms with Crippen molar-refractivity contribution in [2.75, 3.05) is 0 Å². The lowest BCUT2D eigenvalue weighted by Crippen LogP contribution is -2.03. The highest BCUT2D eigenvalue weighted by molar-refractivity contribution is 5.94. The minimum Gasteiger partial charge on any atom is -0.348 e. The van der Waals surface area contributed by atoms with E-state index >= 15 is 0 Å². The van der Waals surface area contributed by atoms with Crippen LogP contribution >= 0.6 is 0 Å². The van der Waals surface area contributed by atoms with E-state index in [1.54, 1.807) is 0 Å². The lowest BCUT2D eigenvalue weighted by Gasteiger charge is -1.94. The van der Waals surface area contributed by atoms with Crippen LogP contribution < -0.4 is 0 Å². The van der Waals surface area contributed by atoms with Gasteiger partial charge in [-0.1, -0.05) is 0 Å². The second-order valence-corrected chi connectivity index (χ2v) is 2.66. The van der Waals surface area contributed by atoms with E-state index in [2.05, 4.69) is 9.97 Å². The third-order valence-electron chi connectivity index (χ3n) is 1.48. The summed E-state index contributed by atoms with van der Waals surface area (Å²) >= 11 is 0. The number of Topliss-reactive ketones (excluding diaryl/α,β-unsaturated/α-hetero) is 2. The second kappa shape index (κ2) is 3.30. The Hall–Kier alpha value is -1.45. The van der Waals surface area contributed by atoms with Crippen LogP contribution in [0, 0.1) is 0 Å². The first kappa shape index (κ1) is 8.64. The summed E-state index contributed by atoms with van der Waals surface area (Å²) < 4.78 is 0. The molecule has 1 heterocycles. The molecule has 0 unspecified atom stereocenters. The number of hydrogen-bond acceptors (Lipinski definition) is 3. The van der Waals surface area contributed by atoms with Crippen molar-refractivity contribution in [3.8, 4) is 0 Å². The predicted molar refractivity (Wildman–Crippen MR) is 45.1 cm³/mol. The van der Waals surface area contributed by atoms with Crippen molar-refractivity contribution in [2.45, 2.75) is 20.3 Å². The van der Waals surface area contributed by atoms with Crippen LogP contribution in [-0.2, 0) is 11.2 Å². The molecule has 0 aliphatic rings. The van der Waals surface area contributed by atoms with Gasteiger partial charge in [-0.2, -0.15) is 0 Å². The predicted octanol–water partition coefficient (Wildman–Crippen LogP) is 0.990. The van der Waals surface area contributed by atoms with Crippen LogP contribution in [0.15, 0.2) is 6.33 Å². The molecule has 0 spiro atoms. The van der Waals surface area contributed by atoms with E-state index in [9.17, 15) is 9.59 Å². The number of rotatable bonds is 3. The zero-order valence-corrected chi connectivity index (χ0v) is 7.05. The molecule has 12 heavy (non-hydrogen) atoms. The molecule has 0 bridgehead atoms. The minimum atomic E-state index is -0.118. The standard InChI is InChI=1S/C8H10N2O2.H2/c1-5(11)3-7-8(6(2)12)10-4-9-7;/h4H,3H2,1-2H3,(H,9,10);1H. The summed E-state index contributed by atoms with van der Waals surface area (Å²) in [6.45, 7) is 2.91. The van der Waals surface area contributed by atoms with E-state index in [-0.39, 0.29) is 19.4 Å². The maximum atomic E-state index is 10.9. The maximum absolute atomic E-state index is 10.9. The lowest BCUT2D eigenvalue weighted by atomic mass is 10.1. The summed E-state index contributed by atoms with van der Waals surface area (Å²) in [7, 11) is 0. The van der Waals surface area contributed by atoms with Gasteiger partial charge in [0.1, 0.15) is 11.5 Å². The number of carbonyl (C=O) groups is 2. The summed E-state index contributed by atoms with van der Waals surface area (Å²) in [6, 6.07) is 0. The average Bonchev–Trinajstić information content (AvgIpc) is 2.33. The molecule has 0 amide bonds. The van der Waals surface area contributed by atoms with Crippen LogP contribution in [0.5, 0.6) is 0 Å². The molecule has 1 rings (SSSR count). The van der Waals surface area contributed by atoms with Gasteiger partial charge in [0.15, 0.2) is 5.78 Å². The second-order valence-electron chi connectivity index (χ2n) is 2.66. The Balaban J connectivity index is 0.00000144. The van der Waals surface area contributed by atoms with E-state index in [1.165, 1.54) is 20.2 Å². The topological polar surface area (TPSA) is 62.8 Å². The molecule has 66 valence electrons. The summed E-state index contributed by atoms with van der Waals surface area (Å²) in [5.74, 6) is -0.103. The fourth-order valence-electron chi connectivity index (χ4n) is 1.01. The number of nitrogens with zero attached hydrogens (tertiary/aromatic N) is 1. The van der Waals surface area contributed by atoms with Crippen molar-refractivity contribution in [3.05, 3.63) is 17.7 Å². The number of nitrogens with one attached hydrogen (secondary N) is 1. The van der Waals surface area contributed by atoms with Crippen molar-refractivity contribution >= 4 is 11.6 Å². The number of imidazole rings is 1. The van der Waals surface area contributed by atoms with Crippen LogP contribution in [0.2, 0.25) is 0 Å². The van der Waals surface area contributed by atoms with Gasteiger partial charge in [-0.15, -0.1) is 0 Å². The van der Waals surface area contributed by atoms with E-state index in [4.69, 9.17) is 0 Å². The largest absolute Gasteiger partial charge is 0.348 e. The summed E-state index contributed by atoms with van der Waals surface area (Å²) in [5.41, 5.74) is 0.972. The third kappa shape index (κ3) is 1.78. The van der Waals surface area contributed by atoms with Crippen LogP contribution in [0.4, 0.5) is 0 Å². The number of ketones is 2. The minimum absolute atomic E-state index is 0. The SMILES string of the molecule is CC(=O)Cc1[nH]cnc1C(C)=O.[HH]. The molecule has 4 heteroatoms. The molecule has 0 fully saturated rings.